The average Bonchev–Trinajstić information content (AvgIpc) is 1.70. The molecule has 0 saturated heterocycles. The van der Waals surface area contributed by atoms with Gasteiger partial charge in [-0.1, -0.05) is 26.1 Å². The van der Waals surface area contributed by atoms with Crippen molar-refractivity contribution < 1.29 is 14.6 Å². The molecular weight excluding hydrogens is 202 g/mol. The Morgan fingerprint density at radius 1 is 1.06 bits per heavy atom. The van der Waals surface area contributed by atoms with Gasteiger partial charge < -0.3 is 9.84 Å². The number of aliphatic hydroxyl groups is 1. The first kappa shape index (κ1) is 15.6. The lowest BCUT2D eigenvalue weighted by molar-refractivity contribution is 0.106. The molecule has 0 heterocycles. The van der Waals surface area contributed by atoms with E-state index in [-0.39, 0.29) is 5.31 Å². The number of rotatable bonds is 4. The van der Waals surface area contributed by atoms with Crippen molar-refractivity contribution in [3.8, 4) is 0 Å². The van der Waals surface area contributed by atoms with Crippen LogP contribution in [0, 0.1) is 0 Å². The van der Waals surface area contributed by atoms with Crippen LogP contribution in [0.25, 0.3) is 0 Å². The molecule has 0 amide bonds. The summed E-state index contributed by atoms with van der Waals surface area (Å²) in [5.41, 5.74) is -1.79. The normalized spacial score (nSPS) is 13.2. The van der Waals surface area contributed by atoms with Gasteiger partial charge in [0.1, 0.15) is 0 Å². The molecule has 5 heteroatoms. The molecule has 16 heavy (non-hydrogen) atoms. The molecule has 0 unspecified atom stereocenters. The number of ether oxygens (including phenoxy) is 1. The number of hydrogen-bond donors (Lipinski definition) is 1. The standard InChI is InChI=1S/C11H22B2O3/c1-9(2,3)13-11(6,7)16-8(14)12-10(4,5)15/h15H,1-7H3. The molecule has 0 rings (SSSR count). The van der Waals surface area contributed by atoms with Crippen LogP contribution >= 0.6 is 0 Å². The lowest BCUT2D eigenvalue weighted by Gasteiger charge is -2.31. The second-order valence-corrected chi connectivity index (χ2v) is 6.33. The van der Waals surface area contributed by atoms with Crippen LogP contribution in [0.15, 0.2) is 0 Å². The Kier molecular flexibility index (Phi) is 4.69. The van der Waals surface area contributed by atoms with E-state index in [2.05, 4.69) is 0 Å². The highest BCUT2D eigenvalue weighted by molar-refractivity contribution is 6.74. The zero-order valence-electron chi connectivity index (χ0n) is 11.4. The number of hydrogen-bond acceptors (Lipinski definition) is 3. The molecule has 0 spiro atoms. The highest BCUT2D eigenvalue weighted by Gasteiger charge is 2.32. The smallest absolute Gasteiger partial charge is 0.300 e. The van der Waals surface area contributed by atoms with Gasteiger partial charge in [-0.05, 0) is 27.7 Å². The molecule has 3 nitrogen and oxygen atoms in total. The Morgan fingerprint density at radius 3 is 1.81 bits per heavy atom. The van der Waals surface area contributed by atoms with Crippen LogP contribution < -0.4 is 0 Å². The van der Waals surface area contributed by atoms with Crippen molar-refractivity contribution in [1.29, 1.82) is 0 Å². The van der Waals surface area contributed by atoms with E-state index in [1.165, 1.54) is 21.1 Å². The maximum absolute atomic E-state index is 11.5. The van der Waals surface area contributed by atoms with Crippen molar-refractivity contribution in [1.82, 2.24) is 0 Å². The molecule has 0 fully saturated rings. The van der Waals surface area contributed by atoms with Gasteiger partial charge in [-0.3, -0.25) is 4.79 Å². The second kappa shape index (κ2) is 4.82. The fourth-order valence-electron chi connectivity index (χ4n) is 1.65. The minimum atomic E-state index is -1.14. The van der Waals surface area contributed by atoms with Crippen LogP contribution in [0.3, 0.4) is 0 Å². The summed E-state index contributed by atoms with van der Waals surface area (Å²) in [4.78, 5) is 11.5. The molecule has 0 aliphatic heterocycles. The molecule has 0 aromatic rings. The van der Waals surface area contributed by atoms with Gasteiger partial charge in [-0.2, -0.15) is 0 Å². The average molecular weight is 224 g/mol. The summed E-state index contributed by atoms with van der Waals surface area (Å²) in [6, 6.07) is 0. The quantitative estimate of drug-likeness (QED) is 0.744. The monoisotopic (exact) mass is 224 g/mol. The van der Waals surface area contributed by atoms with Crippen LogP contribution in [-0.2, 0) is 4.74 Å². The number of carbonyl (C=O) groups is 1. The lowest BCUT2D eigenvalue weighted by Crippen LogP contribution is -2.43. The maximum Gasteiger partial charge on any atom is 0.300 e. The molecule has 0 aliphatic rings. The van der Waals surface area contributed by atoms with Gasteiger partial charge in [-0.15, -0.1) is 0 Å². The van der Waals surface area contributed by atoms with Crippen molar-refractivity contribution in [2.45, 2.75) is 64.8 Å². The first-order chi connectivity index (χ1) is 6.81. The van der Waals surface area contributed by atoms with Crippen molar-refractivity contribution in [3.05, 3.63) is 0 Å². The summed E-state index contributed by atoms with van der Waals surface area (Å²) in [6.07, 6.45) is 0. The maximum atomic E-state index is 11.5. The zero-order valence-corrected chi connectivity index (χ0v) is 11.4. The van der Waals surface area contributed by atoms with Crippen molar-refractivity contribution in [2.24, 2.45) is 0 Å². The van der Waals surface area contributed by atoms with Crippen LogP contribution in [0.4, 0.5) is 4.79 Å². The van der Waals surface area contributed by atoms with Crippen molar-refractivity contribution >= 4 is 20.4 Å². The van der Waals surface area contributed by atoms with Crippen LogP contribution in [0.2, 0.25) is 5.31 Å². The van der Waals surface area contributed by atoms with Crippen LogP contribution in [0.1, 0.15) is 48.5 Å². The van der Waals surface area contributed by atoms with Gasteiger partial charge in [0.15, 0.2) is 7.28 Å². The SMILES string of the molecule is CC(C)(C)[B]C(C)(C)OC(=O)[B]C(C)(C)O. The van der Waals surface area contributed by atoms with E-state index in [1.807, 2.05) is 41.9 Å². The van der Waals surface area contributed by atoms with Gasteiger partial charge in [0.05, 0.1) is 5.50 Å². The summed E-state index contributed by atoms with van der Waals surface area (Å²) < 4.78 is 5.28. The molecule has 90 valence electrons. The summed E-state index contributed by atoms with van der Waals surface area (Å²) in [6.45, 7) is 12.9. The summed E-state index contributed by atoms with van der Waals surface area (Å²) in [5, 5.41) is 9.42. The minimum absolute atomic E-state index is 0.0293. The third kappa shape index (κ3) is 8.84. The van der Waals surface area contributed by atoms with E-state index in [9.17, 15) is 9.90 Å². The molecule has 0 aromatic heterocycles. The largest absolute Gasteiger partial charge is 0.478 e. The van der Waals surface area contributed by atoms with Crippen molar-refractivity contribution in [2.75, 3.05) is 0 Å². The van der Waals surface area contributed by atoms with Gasteiger partial charge in [-0.25, -0.2) is 0 Å². The van der Waals surface area contributed by atoms with Crippen LogP contribution in [-0.4, -0.2) is 36.5 Å². The van der Waals surface area contributed by atoms with E-state index in [0.717, 1.165) is 0 Å². The highest BCUT2D eigenvalue weighted by Crippen LogP contribution is 2.27. The van der Waals surface area contributed by atoms with Gasteiger partial charge in [0.25, 0.3) is 7.28 Å². The topological polar surface area (TPSA) is 46.5 Å². The Hall–Kier alpha value is -0.440. The van der Waals surface area contributed by atoms with E-state index in [4.69, 9.17) is 4.74 Å². The number of carbonyl (C=O) groups excluding carboxylic acids is 1. The van der Waals surface area contributed by atoms with Gasteiger partial charge in [0, 0.05) is 5.50 Å². The Bertz CT molecular complexity index is 249. The highest BCUT2D eigenvalue weighted by atomic mass is 16.5. The van der Waals surface area contributed by atoms with E-state index in [0.29, 0.717) is 0 Å². The van der Waals surface area contributed by atoms with E-state index < -0.39 is 16.9 Å². The molecule has 0 saturated carbocycles. The first-order valence-corrected chi connectivity index (χ1v) is 5.49. The summed E-state index contributed by atoms with van der Waals surface area (Å²) in [5.74, 6) is -0.502. The molecule has 0 bridgehead atoms. The predicted molar refractivity (Wildman–Crippen MR) is 68.1 cm³/mol. The summed E-state index contributed by atoms with van der Waals surface area (Å²) in [7, 11) is 3.14. The first-order valence-electron chi connectivity index (χ1n) is 5.49. The fourth-order valence-corrected chi connectivity index (χ4v) is 1.65. The Balaban J connectivity index is 4.32. The lowest BCUT2D eigenvalue weighted by atomic mass is 9.46. The molecular formula is C11H22B2O3. The molecule has 0 aliphatic carbocycles. The Labute approximate surface area is 100 Å². The second-order valence-electron chi connectivity index (χ2n) is 6.33. The Morgan fingerprint density at radius 2 is 1.50 bits per heavy atom. The zero-order chi connectivity index (χ0) is 13.2. The van der Waals surface area contributed by atoms with Crippen molar-refractivity contribution in [3.63, 3.8) is 0 Å². The van der Waals surface area contributed by atoms with Gasteiger partial charge >= 0.3 is 0 Å². The van der Waals surface area contributed by atoms with E-state index >= 15 is 0 Å². The van der Waals surface area contributed by atoms with E-state index in [1.54, 1.807) is 0 Å². The predicted octanol–water partition coefficient (Wildman–Crippen LogP) is 2.21. The third-order valence-electron chi connectivity index (χ3n) is 1.62. The van der Waals surface area contributed by atoms with Crippen LogP contribution in [0.5, 0.6) is 0 Å². The fraction of sp³-hybridized carbons (Fsp3) is 0.909. The molecule has 0 aromatic carbocycles. The van der Waals surface area contributed by atoms with Gasteiger partial charge in [0.2, 0.25) is 5.87 Å². The summed E-state index contributed by atoms with van der Waals surface area (Å²) >= 11 is 0. The molecule has 0 atom stereocenters. The molecule has 1 N–H and O–H groups in total. The third-order valence-corrected chi connectivity index (χ3v) is 1.62. The minimum Gasteiger partial charge on any atom is -0.478 e. The molecule has 2 radical (unpaired) electrons.